The first-order chi connectivity index (χ1) is 15.5. The van der Waals surface area contributed by atoms with E-state index in [4.69, 9.17) is 4.74 Å². The summed E-state index contributed by atoms with van der Waals surface area (Å²) in [7, 11) is 4.53. The number of unbranched alkanes of at least 4 members (excludes halogenated alkanes) is 17. The number of esters is 1. The van der Waals surface area contributed by atoms with Crippen molar-refractivity contribution < 1.29 is 31.0 Å². The van der Waals surface area contributed by atoms with Crippen LogP contribution in [0, 0.1) is 0 Å². The van der Waals surface area contributed by atoms with E-state index < -0.39 is 0 Å². The number of carbonyl (C=O) groups is 1. The van der Waals surface area contributed by atoms with E-state index in [-0.39, 0.29) is 23.0 Å². The van der Waals surface area contributed by atoms with Gasteiger partial charge in [-0.15, -0.1) is 6.58 Å². The molecule has 198 valence electrons. The lowest BCUT2D eigenvalue weighted by molar-refractivity contribution is -0.890. The smallest absolute Gasteiger partial charge is 0.305 e. The molecule has 33 heavy (non-hydrogen) atoms. The van der Waals surface area contributed by atoms with Crippen LogP contribution < -0.4 is 17.0 Å². The predicted molar refractivity (Wildman–Crippen MR) is 141 cm³/mol. The summed E-state index contributed by atoms with van der Waals surface area (Å²) in [5.41, 5.74) is 0. The molecule has 0 aliphatic heterocycles. The monoisotopic (exact) mass is 531 g/mol. The van der Waals surface area contributed by atoms with Gasteiger partial charge in [-0.05, 0) is 32.1 Å². The highest BCUT2D eigenvalue weighted by Crippen LogP contribution is 2.13. The molecule has 0 atom stereocenters. The Balaban J connectivity index is 0. The van der Waals surface area contributed by atoms with Crippen molar-refractivity contribution in [1.82, 2.24) is 0 Å². The predicted octanol–water partition coefficient (Wildman–Crippen LogP) is 5.62. The Morgan fingerprint density at radius 1 is 0.697 bits per heavy atom. The lowest BCUT2D eigenvalue weighted by atomic mass is 10.1. The van der Waals surface area contributed by atoms with E-state index in [1.807, 2.05) is 6.08 Å². The summed E-state index contributed by atoms with van der Waals surface area (Å²) in [6, 6.07) is 0. The fraction of sp³-hybridized carbons (Fsp3) is 0.897. The maximum absolute atomic E-state index is 11.9. The van der Waals surface area contributed by atoms with Gasteiger partial charge in [0.25, 0.3) is 0 Å². The maximum atomic E-state index is 11.9. The normalized spacial score (nSPS) is 11.2. The van der Waals surface area contributed by atoms with Crippen LogP contribution in [-0.2, 0) is 9.53 Å². The average molecular weight is 533 g/mol. The molecule has 0 fully saturated rings. The van der Waals surface area contributed by atoms with Crippen molar-refractivity contribution in [3.63, 3.8) is 0 Å². The van der Waals surface area contributed by atoms with E-state index in [1.54, 1.807) is 0 Å². The van der Waals surface area contributed by atoms with E-state index >= 15 is 0 Å². The zero-order chi connectivity index (χ0) is 23.8. The molecule has 0 bridgehead atoms. The van der Waals surface area contributed by atoms with Crippen molar-refractivity contribution >= 4 is 5.97 Å². The molecule has 0 rings (SSSR count). The van der Waals surface area contributed by atoms with Gasteiger partial charge in [-0.2, -0.15) is 0 Å². The van der Waals surface area contributed by atoms with Crippen LogP contribution in [0.5, 0.6) is 0 Å². The first-order valence-electron chi connectivity index (χ1n) is 14.1. The maximum Gasteiger partial charge on any atom is 0.305 e. The third kappa shape index (κ3) is 27.8. The highest BCUT2D eigenvalue weighted by molar-refractivity contribution is 5.69. The minimum absolute atomic E-state index is 0. The number of ether oxygens (including phenoxy) is 1. The molecule has 0 radical (unpaired) electrons. The SMILES string of the molecule is C=CCCCCCCCCC(=O)OCC[N+](C)(C)CCCCCCCCCCCCCC.[Br-]. The van der Waals surface area contributed by atoms with Crippen molar-refractivity contribution in [1.29, 1.82) is 0 Å². The molecule has 0 saturated heterocycles. The molecule has 0 saturated carbocycles. The molecular formula is C29H58BrNO2. The van der Waals surface area contributed by atoms with E-state index in [9.17, 15) is 4.79 Å². The summed E-state index contributed by atoms with van der Waals surface area (Å²) < 4.78 is 6.44. The summed E-state index contributed by atoms with van der Waals surface area (Å²) in [5.74, 6) is -0.0120. The molecule has 0 unspecified atom stereocenters. The van der Waals surface area contributed by atoms with Crippen LogP contribution in [0.15, 0.2) is 12.7 Å². The van der Waals surface area contributed by atoms with E-state index in [2.05, 4.69) is 27.6 Å². The summed E-state index contributed by atoms with van der Waals surface area (Å²) >= 11 is 0. The molecule has 0 aromatic heterocycles. The van der Waals surface area contributed by atoms with Gasteiger partial charge in [0.15, 0.2) is 0 Å². The van der Waals surface area contributed by atoms with E-state index in [0.717, 1.165) is 30.3 Å². The van der Waals surface area contributed by atoms with E-state index in [1.165, 1.54) is 109 Å². The van der Waals surface area contributed by atoms with Crippen LogP contribution in [-0.4, -0.2) is 44.2 Å². The van der Waals surface area contributed by atoms with Crippen LogP contribution in [0.4, 0.5) is 0 Å². The Labute approximate surface area is 218 Å². The van der Waals surface area contributed by atoms with Gasteiger partial charge < -0.3 is 26.2 Å². The molecule has 0 aliphatic carbocycles. The number of halogens is 1. The summed E-state index contributed by atoms with van der Waals surface area (Å²) in [6.45, 7) is 8.71. The molecule has 0 aromatic rings. The lowest BCUT2D eigenvalue weighted by Gasteiger charge is -2.29. The number of hydrogen-bond donors (Lipinski definition) is 0. The second-order valence-corrected chi connectivity index (χ2v) is 10.4. The zero-order valence-electron chi connectivity index (χ0n) is 22.7. The van der Waals surface area contributed by atoms with Gasteiger partial charge in [0, 0.05) is 6.42 Å². The third-order valence-corrected chi connectivity index (χ3v) is 6.62. The van der Waals surface area contributed by atoms with Gasteiger partial charge in [-0.3, -0.25) is 4.79 Å². The van der Waals surface area contributed by atoms with Crippen LogP contribution >= 0.6 is 0 Å². The number of allylic oxidation sites excluding steroid dienone is 1. The van der Waals surface area contributed by atoms with Gasteiger partial charge in [0.05, 0.1) is 20.6 Å². The fourth-order valence-electron chi connectivity index (χ4n) is 4.24. The number of carbonyl (C=O) groups excluding carboxylic acids is 1. The van der Waals surface area contributed by atoms with Crippen molar-refractivity contribution in [2.24, 2.45) is 0 Å². The van der Waals surface area contributed by atoms with Gasteiger partial charge in [0.1, 0.15) is 13.2 Å². The second kappa shape index (κ2) is 26.3. The lowest BCUT2D eigenvalue weighted by Crippen LogP contribution is -3.00. The first kappa shape index (κ1) is 34.8. The summed E-state index contributed by atoms with van der Waals surface area (Å²) in [5, 5.41) is 0. The zero-order valence-corrected chi connectivity index (χ0v) is 24.3. The Bertz CT molecular complexity index is 426. The standard InChI is InChI=1S/C29H58NO2.BrH/c1-5-7-9-11-13-15-16-17-18-20-22-24-26-30(3,4)27-28-32-29(31)25-23-21-19-14-12-10-8-6-2;/h6H,2,5,7-28H2,1,3-4H3;1H/q+1;/p-1. The first-order valence-corrected chi connectivity index (χ1v) is 14.1. The highest BCUT2D eigenvalue weighted by Gasteiger charge is 2.15. The van der Waals surface area contributed by atoms with Crippen LogP contribution in [0.2, 0.25) is 0 Å². The number of hydrogen-bond acceptors (Lipinski definition) is 2. The molecule has 4 heteroatoms. The van der Waals surface area contributed by atoms with Crippen molar-refractivity contribution in [2.75, 3.05) is 33.8 Å². The highest BCUT2D eigenvalue weighted by atomic mass is 79.9. The molecular weight excluding hydrogens is 474 g/mol. The van der Waals surface area contributed by atoms with Crippen molar-refractivity contribution in [3.05, 3.63) is 12.7 Å². The molecule has 0 amide bonds. The Morgan fingerprint density at radius 3 is 1.67 bits per heavy atom. The summed E-state index contributed by atoms with van der Waals surface area (Å²) in [4.78, 5) is 11.9. The minimum atomic E-state index is -0.0120. The van der Waals surface area contributed by atoms with Crippen LogP contribution in [0.1, 0.15) is 135 Å². The van der Waals surface area contributed by atoms with Crippen LogP contribution in [0.25, 0.3) is 0 Å². The second-order valence-electron chi connectivity index (χ2n) is 10.4. The largest absolute Gasteiger partial charge is 1.00 e. The average Bonchev–Trinajstić information content (AvgIpc) is 2.76. The van der Waals surface area contributed by atoms with Gasteiger partial charge in [-0.25, -0.2) is 0 Å². The Morgan fingerprint density at radius 2 is 1.15 bits per heavy atom. The molecule has 3 nitrogen and oxygen atoms in total. The topological polar surface area (TPSA) is 26.3 Å². The quantitative estimate of drug-likeness (QED) is 0.0661. The van der Waals surface area contributed by atoms with Gasteiger partial charge in [-0.1, -0.05) is 103 Å². The Hall–Kier alpha value is -0.350. The molecule has 0 N–H and O–H groups in total. The van der Waals surface area contributed by atoms with Crippen LogP contribution in [0.3, 0.4) is 0 Å². The molecule has 0 spiro atoms. The number of rotatable bonds is 25. The van der Waals surface area contributed by atoms with Crippen molar-refractivity contribution in [3.8, 4) is 0 Å². The van der Waals surface area contributed by atoms with Gasteiger partial charge in [0.2, 0.25) is 0 Å². The molecule has 0 heterocycles. The van der Waals surface area contributed by atoms with E-state index in [0.29, 0.717) is 13.0 Å². The minimum Gasteiger partial charge on any atom is -1.00 e. The molecule has 0 aromatic carbocycles. The number of quaternary nitrogens is 1. The van der Waals surface area contributed by atoms with Crippen molar-refractivity contribution in [2.45, 2.75) is 135 Å². The molecule has 0 aliphatic rings. The number of likely N-dealkylation sites (N-methyl/N-ethyl adjacent to an activating group) is 1. The number of nitrogens with zero attached hydrogens (tertiary/aromatic N) is 1. The Kier molecular flexibility index (Phi) is 27.7. The van der Waals surface area contributed by atoms with Gasteiger partial charge >= 0.3 is 5.97 Å². The summed E-state index contributed by atoms with van der Waals surface area (Å²) in [6.07, 6.45) is 27.6. The fourth-order valence-corrected chi connectivity index (χ4v) is 4.24. The third-order valence-electron chi connectivity index (χ3n) is 6.62.